The van der Waals surface area contributed by atoms with Gasteiger partial charge in [0.2, 0.25) is 0 Å². The lowest BCUT2D eigenvalue weighted by atomic mass is 10.0. The predicted molar refractivity (Wildman–Crippen MR) is 74.6 cm³/mol. The Morgan fingerprint density at radius 3 is 2.05 bits per heavy atom. The lowest BCUT2D eigenvalue weighted by Crippen LogP contribution is -2.16. The van der Waals surface area contributed by atoms with E-state index in [0.29, 0.717) is 0 Å². The second-order valence-electron chi connectivity index (χ2n) is 4.07. The molecule has 0 saturated carbocycles. The minimum absolute atomic E-state index is 0.0875. The van der Waals surface area contributed by atoms with E-state index < -0.39 is 29.1 Å². The van der Waals surface area contributed by atoms with Crippen molar-refractivity contribution in [3.63, 3.8) is 0 Å². The fraction of sp³-hybridized carbons (Fsp3) is 0.267. The molecule has 0 aliphatic heterocycles. The molecule has 1 aromatic rings. The lowest BCUT2D eigenvalue weighted by Gasteiger charge is -2.08. The maximum Gasteiger partial charge on any atom is 0.345 e. The molecule has 0 atom stereocenters. The first-order valence-electron chi connectivity index (χ1n) is 6.22. The minimum Gasteiger partial charge on any atom is -0.506 e. The third-order valence-electron chi connectivity index (χ3n) is 2.65. The standard InChI is InChI=1S/C15H16O6/c1-4-21-15(19)12(9(2)16)13(17)10-5-7-11(8-6-10)14(18)20-3/h5-8,17H,4H2,1-3H3/b13-12+. The third-order valence-corrected chi connectivity index (χ3v) is 2.65. The summed E-state index contributed by atoms with van der Waals surface area (Å²) < 4.78 is 9.29. The van der Waals surface area contributed by atoms with Crippen molar-refractivity contribution in [2.75, 3.05) is 13.7 Å². The van der Waals surface area contributed by atoms with Crippen LogP contribution in [0.2, 0.25) is 0 Å². The maximum atomic E-state index is 11.7. The van der Waals surface area contributed by atoms with Crippen molar-refractivity contribution < 1.29 is 29.0 Å². The summed E-state index contributed by atoms with van der Waals surface area (Å²) in [4.78, 5) is 34.5. The predicted octanol–water partition coefficient (Wildman–Crippen LogP) is 1.89. The summed E-state index contributed by atoms with van der Waals surface area (Å²) in [7, 11) is 1.25. The first-order chi connectivity index (χ1) is 9.92. The average molecular weight is 292 g/mol. The van der Waals surface area contributed by atoms with Gasteiger partial charge in [0.25, 0.3) is 0 Å². The molecule has 112 valence electrons. The van der Waals surface area contributed by atoms with Crippen molar-refractivity contribution in [3.05, 3.63) is 41.0 Å². The van der Waals surface area contributed by atoms with Crippen LogP contribution in [0.25, 0.3) is 5.76 Å². The van der Waals surface area contributed by atoms with Crippen molar-refractivity contribution in [2.24, 2.45) is 0 Å². The van der Waals surface area contributed by atoms with Crippen molar-refractivity contribution >= 4 is 23.5 Å². The molecule has 0 heterocycles. The summed E-state index contributed by atoms with van der Waals surface area (Å²) >= 11 is 0. The van der Waals surface area contributed by atoms with Gasteiger partial charge in [0.15, 0.2) is 5.78 Å². The molecule has 0 fully saturated rings. The normalized spacial score (nSPS) is 11.4. The topological polar surface area (TPSA) is 89.9 Å². The molecule has 0 bridgehead atoms. The van der Waals surface area contributed by atoms with Crippen LogP contribution in [0.1, 0.15) is 29.8 Å². The molecule has 0 unspecified atom stereocenters. The van der Waals surface area contributed by atoms with Crippen LogP contribution < -0.4 is 0 Å². The van der Waals surface area contributed by atoms with E-state index >= 15 is 0 Å². The Morgan fingerprint density at radius 1 is 1.10 bits per heavy atom. The van der Waals surface area contributed by atoms with Crippen molar-refractivity contribution in [1.29, 1.82) is 0 Å². The molecule has 0 aliphatic carbocycles. The molecule has 0 spiro atoms. The quantitative estimate of drug-likeness (QED) is 0.293. The highest BCUT2D eigenvalue weighted by molar-refractivity contribution is 6.21. The number of carbonyl (C=O) groups is 3. The van der Waals surface area contributed by atoms with E-state index in [1.54, 1.807) is 6.92 Å². The van der Waals surface area contributed by atoms with Crippen molar-refractivity contribution in [2.45, 2.75) is 13.8 Å². The third kappa shape index (κ3) is 3.92. The number of ether oxygens (including phenoxy) is 2. The number of hydrogen-bond acceptors (Lipinski definition) is 6. The van der Waals surface area contributed by atoms with Gasteiger partial charge in [-0.3, -0.25) is 4.79 Å². The molecule has 0 amide bonds. The fourth-order valence-electron chi connectivity index (χ4n) is 1.64. The summed E-state index contributed by atoms with van der Waals surface area (Å²) in [6.07, 6.45) is 0. The number of rotatable bonds is 5. The number of esters is 2. The van der Waals surface area contributed by atoms with Gasteiger partial charge < -0.3 is 14.6 Å². The van der Waals surface area contributed by atoms with Crippen LogP contribution in [0.4, 0.5) is 0 Å². The zero-order valence-corrected chi connectivity index (χ0v) is 12.0. The molecule has 6 heteroatoms. The van der Waals surface area contributed by atoms with E-state index in [2.05, 4.69) is 4.74 Å². The van der Waals surface area contributed by atoms with E-state index in [1.807, 2.05) is 0 Å². The van der Waals surface area contributed by atoms with E-state index in [-0.39, 0.29) is 17.7 Å². The highest BCUT2D eigenvalue weighted by Crippen LogP contribution is 2.19. The smallest absolute Gasteiger partial charge is 0.345 e. The number of hydrogen-bond donors (Lipinski definition) is 1. The Hall–Kier alpha value is -2.63. The molecular formula is C15H16O6. The van der Waals surface area contributed by atoms with Gasteiger partial charge >= 0.3 is 11.9 Å². The number of benzene rings is 1. The number of methoxy groups -OCH3 is 1. The first kappa shape index (κ1) is 16.4. The highest BCUT2D eigenvalue weighted by Gasteiger charge is 2.22. The number of carbonyl (C=O) groups excluding carboxylic acids is 3. The molecule has 21 heavy (non-hydrogen) atoms. The summed E-state index contributed by atoms with van der Waals surface area (Å²) in [5, 5.41) is 10.1. The molecular weight excluding hydrogens is 276 g/mol. The largest absolute Gasteiger partial charge is 0.506 e. The van der Waals surface area contributed by atoms with Gasteiger partial charge in [0, 0.05) is 5.56 Å². The van der Waals surface area contributed by atoms with E-state index in [4.69, 9.17) is 4.74 Å². The lowest BCUT2D eigenvalue weighted by molar-refractivity contribution is -0.139. The van der Waals surface area contributed by atoms with Gasteiger partial charge in [-0.05, 0) is 26.0 Å². The molecule has 1 aromatic carbocycles. The molecule has 0 aromatic heterocycles. The van der Waals surface area contributed by atoms with Gasteiger partial charge in [-0.2, -0.15) is 0 Å². The number of aliphatic hydroxyl groups excluding tert-OH is 1. The number of Topliss-reactive ketones (excluding diaryl/α,β-unsaturated/α-hetero) is 1. The fourth-order valence-corrected chi connectivity index (χ4v) is 1.64. The second-order valence-corrected chi connectivity index (χ2v) is 4.07. The first-order valence-corrected chi connectivity index (χ1v) is 6.22. The van der Waals surface area contributed by atoms with Crippen LogP contribution in [-0.4, -0.2) is 36.5 Å². The van der Waals surface area contributed by atoms with Crippen molar-refractivity contribution in [3.8, 4) is 0 Å². The van der Waals surface area contributed by atoms with Gasteiger partial charge in [-0.1, -0.05) is 12.1 Å². The second kappa shape index (κ2) is 7.23. The zero-order chi connectivity index (χ0) is 16.0. The Balaban J connectivity index is 3.21. The van der Waals surface area contributed by atoms with Crippen LogP contribution in [-0.2, 0) is 19.1 Å². The number of ketones is 1. The number of aliphatic hydroxyl groups is 1. The van der Waals surface area contributed by atoms with Crippen LogP contribution >= 0.6 is 0 Å². The monoisotopic (exact) mass is 292 g/mol. The maximum absolute atomic E-state index is 11.7. The van der Waals surface area contributed by atoms with Crippen LogP contribution in [0.3, 0.4) is 0 Å². The van der Waals surface area contributed by atoms with E-state index in [1.165, 1.54) is 31.4 Å². The SMILES string of the molecule is CCOC(=O)/C(C(C)=O)=C(/O)c1ccc(C(=O)OC)cc1. The van der Waals surface area contributed by atoms with Crippen LogP contribution in [0, 0.1) is 0 Å². The van der Waals surface area contributed by atoms with Gasteiger partial charge in [0.1, 0.15) is 11.3 Å². The molecule has 0 radical (unpaired) electrons. The average Bonchev–Trinajstić information content (AvgIpc) is 2.46. The van der Waals surface area contributed by atoms with Gasteiger partial charge in [0.05, 0.1) is 19.3 Å². The minimum atomic E-state index is -0.889. The summed E-state index contributed by atoms with van der Waals surface area (Å²) in [5.74, 6) is -2.51. The molecule has 1 N–H and O–H groups in total. The summed E-state index contributed by atoms with van der Waals surface area (Å²) in [5.41, 5.74) is 0.0816. The summed E-state index contributed by atoms with van der Waals surface area (Å²) in [6, 6.07) is 5.65. The molecule has 1 rings (SSSR count). The highest BCUT2D eigenvalue weighted by atomic mass is 16.5. The van der Waals surface area contributed by atoms with Crippen LogP contribution in [0.5, 0.6) is 0 Å². The van der Waals surface area contributed by atoms with Gasteiger partial charge in [-0.15, -0.1) is 0 Å². The molecule has 0 saturated heterocycles. The Labute approximate surface area is 122 Å². The summed E-state index contributed by atoms with van der Waals surface area (Å²) in [6.45, 7) is 2.84. The van der Waals surface area contributed by atoms with E-state index in [9.17, 15) is 19.5 Å². The van der Waals surface area contributed by atoms with Gasteiger partial charge in [-0.25, -0.2) is 9.59 Å². The van der Waals surface area contributed by atoms with Crippen LogP contribution in [0.15, 0.2) is 29.8 Å². The zero-order valence-electron chi connectivity index (χ0n) is 12.0. The Bertz CT molecular complexity index is 583. The molecule has 6 nitrogen and oxygen atoms in total. The van der Waals surface area contributed by atoms with Crippen molar-refractivity contribution in [1.82, 2.24) is 0 Å². The Morgan fingerprint density at radius 2 is 1.62 bits per heavy atom. The Kier molecular flexibility index (Phi) is 5.66. The van der Waals surface area contributed by atoms with E-state index in [0.717, 1.165) is 6.92 Å². The molecule has 0 aliphatic rings.